The van der Waals surface area contributed by atoms with Gasteiger partial charge in [-0.25, -0.2) is 4.98 Å². The van der Waals surface area contributed by atoms with Gasteiger partial charge in [0.1, 0.15) is 5.69 Å². The van der Waals surface area contributed by atoms with Crippen molar-refractivity contribution in [1.82, 2.24) is 9.88 Å². The zero-order valence-corrected chi connectivity index (χ0v) is 11.5. The van der Waals surface area contributed by atoms with E-state index in [0.717, 1.165) is 4.47 Å². The largest absolute Gasteiger partial charge is 0.375 e. The zero-order valence-electron chi connectivity index (χ0n) is 9.89. The molecule has 0 aliphatic carbocycles. The smallest absolute Gasteiger partial charge is 0.272 e. The van der Waals surface area contributed by atoms with Crippen LogP contribution < -0.4 is 0 Å². The monoisotopic (exact) mass is 298 g/mol. The van der Waals surface area contributed by atoms with E-state index in [1.807, 2.05) is 24.8 Å². The normalized spacial score (nSPS) is 24.8. The van der Waals surface area contributed by atoms with Gasteiger partial charge in [0.05, 0.1) is 18.8 Å². The Bertz CT molecular complexity index is 407. The van der Waals surface area contributed by atoms with Crippen LogP contribution in [0.15, 0.2) is 22.8 Å². The average molecular weight is 299 g/mol. The van der Waals surface area contributed by atoms with Crippen LogP contribution >= 0.6 is 15.9 Å². The average Bonchev–Trinajstić information content (AvgIpc) is 2.32. The minimum atomic E-state index is -0.0276. The number of aromatic nitrogens is 1. The fourth-order valence-corrected chi connectivity index (χ4v) is 2.07. The second-order valence-corrected chi connectivity index (χ2v) is 5.23. The summed E-state index contributed by atoms with van der Waals surface area (Å²) in [5.74, 6) is -0.0276. The molecule has 2 atom stereocenters. The van der Waals surface area contributed by atoms with Gasteiger partial charge in [-0.05, 0) is 41.9 Å². The molecule has 1 saturated heterocycles. The maximum atomic E-state index is 12.3. The molecular weight excluding hydrogens is 284 g/mol. The first-order chi connectivity index (χ1) is 8.08. The van der Waals surface area contributed by atoms with Gasteiger partial charge >= 0.3 is 0 Å². The van der Waals surface area contributed by atoms with E-state index in [0.29, 0.717) is 18.8 Å². The van der Waals surface area contributed by atoms with Gasteiger partial charge in [-0.1, -0.05) is 0 Å². The number of morpholine rings is 1. The van der Waals surface area contributed by atoms with Crippen LogP contribution in [-0.2, 0) is 4.74 Å². The van der Waals surface area contributed by atoms with Crippen LogP contribution in [-0.4, -0.2) is 41.1 Å². The molecule has 0 N–H and O–H groups in total. The number of hydrogen-bond acceptors (Lipinski definition) is 3. The molecule has 92 valence electrons. The number of pyridine rings is 1. The zero-order chi connectivity index (χ0) is 12.4. The molecule has 2 rings (SSSR count). The minimum Gasteiger partial charge on any atom is -0.375 e. The summed E-state index contributed by atoms with van der Waals surface area (Å²) in [6, 6.07) is 3.66. The van der Waals surface area contributed by atoms with E-state index in [9.17, 15) is 4.79 Å². The molecule has 1 amide bonds. The first-order valence-corrected chi connectivity index (χ1v) is 6.41. The number of carbonyl (C=O) groups excluding carboxylic acids is 1. The van der Waals surface area contributed by atoms with E-state index < -0.39 is 0 Å². The molecule has 4 nitrogen and oxygen atoms in total. The van der Waals surface area contributed by atoms with Crippen molar-refractivity contribution in [3.63, 3.8) is 0 Å². The topological polar surface area (TPSA) is 42.4 Å². The number of amides is 1. The lowest BCUT2D eigenvalue weighted by atomic mass is 10.2. The van der Waals surface area contributed by atoms with Crippen LogP contribution in [0.4, 0.5) is 0 Å². The summed E-state index contributed by atoms with van der Waals surface area (Å²) in [7, 11) is 0. The van der Waals surface area contributed by atoms with E-state index in [-0.39, 0.29) is 18.1 Å². The Kier molecular flexibility index (Phi) is 3.79. The van der Waals surface area contributed by atoms with Crippen LogP contribution in [0.5, 0.6) is 0 Å². The van der Waals surface area contributed by atoms with Crippen molar-refractivity contribution in [3.05, 3.63) is 28.5 Å². The third-order valence-corrected chi connectivity index (χ3v) is 3.28. The van der Waals surface area contributed by atoms with Crippen molar-refractivity contribution in [2.45, 2.75) is 26.0 Å². The quantitative estimate of drug-likeness (QED) is 0.797. The number of halogens is 1. The Labute approximate surface area is 109 Å². The molecule has 0 saturated carbocycles. The summed E-state index contributed by atoms with van der Waals surface area (Å²) in [5, 5.41) is 0. The molecule has 0 spiro atoms. The number of hydrogen-bond donors (Lipinski definition) is 0. The first-order valence-electron chi connectivity index (χ1n) is 5.62. The van der Waals surface area contributed by atoms with Gasteiger partial charge in [-0.3, -0.25) is 4.79 Å². The molecule has 1 aliphatic rings. The molecule has 1 aliphatic heterocycles. The molecule has 0 bridgehead atoms. The van der Waals surface area contributed by atoms with Crippen molar-refractivity contribution in [2.24, 2.45) is 0 Å². The molecule has 1 aromatic heterocycles. The summed E-state index contributed by atoms with van der Waals surface area (Å²) in [4.78, 5) is 18.2. The SMILES string of the molecule is CC1CN(C(=O)c2ccc(Br)cn2)C(C)CO1. The lowest BCUT2D eigenvalue weighted by Crippen LogP contribution is -2.50. The van der Waals surface area contributed by atoms with E-state index in [1.54, 1.807) is 12.3 Å². The highest BCUT2D eigenvalue weighted by Crippen LogP contribution is 2.15. The van der Waals surface area contributed by atoms with Crippen LogP contribution in [0.1, 0.15) is 24.3 Å². The number of nitrogens with zero attached hydrogens (tertiary/aromatic N) is 2. The second-order valence-electron chi connectivity index (χ2n) is 4.31. The van der Waals surface area contributed by atoms with E-state index in [2.05, 4.69) is 20.9 Å². The minimum absolute atomic E-state index is 0.0276. The van der Waals surface area contributed by atoms with Crippen LogP contribution in [0.25, 0.3) is 0 Å². The van der Waals surface area contributed by atoms with Crippen molar-refractivity contribution in [1.29, 1.82) is 0 Å². The third kappa shape index (κ3) is 2.84. The van der Waals surface area contributed by atoms with E-state index >= 15 is 0 Å². The Hall–Kier alpha value is -0.940. The van der Waals surface area contributed by atoms with E-state index in [1.165, 1.54) is 0 Å². The van der Waals surface area contributed by atoms with E-state index in [4.69, 9.17) is 4.74 Å². The van der Waals surface area contributed by atoms with Crippen molar-refractivity contribution < 1.29 is 9.53 Å². The molecule has 17 heavy (non-hydrogen) atoms. The second kappa shape index (κ2) is 5.14. The standard InChI is InChI=1S/C12H15BrN2O2/c1-8-7-17-9(2)6-15(8)12(16)11-4-3-10(13)5-14-11/h3-5,8-9H,6-7H2,1-2H3. The summed E-state index contributed by atoms with van der Waals surface area (Å²) >= 11 is 3.30. The van der Waals surface area contributed by atoms with Gasteiger partial charge in [0, 0.05) is 17.2 Å². The lowest BCUT2D eigenvalue weighted by Gasteiger charge is -2.36. The molecular formula is C12H15BrN2O2. The fraction of sp³-hybridized carbons (Fsp3) is 0.500. The van der Waals surface area contributed by atoms with Gasteiger partial charge in [-0.15, -0.1) is 0 Å². The van der Waals surface area contributed by atoms with Gasteiger partial charge in [-0.2, -0.15) is 0 Å². The fourth-order valence-electron chi connectivity index (χ4n) is 1.84. The predicted molar refractivity (Wildman–Crippen MR) is 67.8 cm³/mol. The van der Waals surface area contributed by atoms with Crippen molar-refractivity contribution in [2.75, 3.05) is 13.2 Å². The first kappa shape index (κ1) is 12.5. The van der Waals surface area contributed by atoms with Crippen LogP contribution in [0.3, 0.4) is 0 Å². The highest BCUT2D eigenvalue weighted by atomic mass is 79.9. The Morgan fingerprint density at radius 1 is 1.53 bits per heavy atom. The summed E-state index contributed by atoms with van der Waals surface area (Å²) in [5.41, 5.74) is 0.481. The number of ether oxygens (including phenoxy) is 1. The maximum Gasteiger partial charge on any atom is 0.272 e. The van der Waals surface area contributed by atoms with Gasteiger partial charge in [0.25, 0.3) is 5.91 Å². The number of carbonyl (C=O) groups is 1. The molecule has 5 heteroatoms. The number of rotatable bonds is 1. The predicted octanol–water partition coefficient (Wildman–Crippen LogP) is 2.09. The van der Waals surface area contributed by atoms with Gasteiger partial charge in [0.15, 0.2) is 0 Å². The third-order valence-electron chi connectivity index (χ3n) is 2.82. The highest BCUT2D eigenvalue weighted by molar-refractivity contribution is 9.10. The van der Waals surface area contributed by atoms with Crippen LogP contribution in [0.2, 0.25) is 0 Å². The molecule has 0 aromatic carbocycles. The van der Waals surface area contributed by atoms with Crippen molar-refractivity contribution >= 4 is 21.8 Å². The summed E-state index contributed by atoms with van der Waals surface area (Å²) in [6.07, 6.45) is 1.73. The molecule has 0 radical (unpaired) electrons. The van der Waals surface area contributed by atoms with Gasteiger partial charge in [0.2, 0.25) is 0 Å². The van der Waals surface area contributed by atoms with Gasteiger partial charge < -0.3 is 9.64 Å². The summed E-state index contributed by atoms with van der Waals surface area (Å²) in [6.45, 7) is 5.17. The summed E-state index contributed by atoms with van der Waals surface area (Å²) < 4.78 is 6.38. The Balaban J connectivity index is 2.15. The lowest BCUT2D eigenvalue weighted by molar-refractivity contribution is -0.0389. The van der Waals surface area contributed by atoms with Crippen molar-refractivity contribution in [3.8, 4) is 0 Å². The Morgan fingerprint density at radius 3 is 2.94 bits per heavy atom. The maximum absolute atomic E-state index is 12.3. The molecule has 1 aromatic rings. The molecule has 1 fully saturated rings. The molecule has 2 unspecified atom stereocenters. The highest BCUT2D eigenvalue weighted by Gasteiger charge is 2.28. The van der Waals surface area contributed by atoms with Crippen LogP contribution in [0, 0.1) is 0 Å². The Morgan fingerprint density at radius 2 is 2.29 bits per heavy atom. The molecule has 2 heterocycles.